The molecule has 3 rings (SSSR count). The number of nitrogens with one attached hydrogen (secondary N) is 1. The van der Waals surface area contributed by atoms with E-state index < -0.39 is 0 Å². The molecule has 0 unspecified atom stereocenters. The molecule has 0 bridgehead atoms. The molecule has 1 N–H and O–H groups in total. The van der Waals surface area contributed by atoms with Crippen molar-refractivity contribution < 1.29 is 4.79 Å². The van der Waals surface area contributed by atoms with Gasteiger partial charge in [-0.2, -0.15) is 0 Å². The number of amides is 1. The van der Waals surface area contributed by atoms with E-state index in [0.717, 1.165) is 50.6 Å². The molecule has 0 aliphatic carbocycles. The molecule has 1 aromatic carbocycles. The normalized spacial score (nSPS) is 14.7. The molecule has 1 aliphatic rings. The fourth-order valence-electron chi connectivity index (χ4n) is 3.71. The minimum atomic E-state index is -0.0335. The summed E-state index contributed by atoms with van der Waals surface area (Å²) in [6.45, 7) is 10.2. The van der Waals surface area contributed by atoms with Crippen molar-refractivity contribution in [3.63, 3.8) is 0 Å². The lowest BCUT2D eigenvalue weighted by Crippen LogP contribution is -2.33. The maximum absolute atomic E-state index is 12.8. The Hall–Kier alpha value is -2.63. The predicted octanol–water partition coefficient (Wildman–Crippen LogP) is 4.72. The van der Waals surface area contributed by atoms with E-state index >= 15 is 0 Å². The SMILES string of the molecule is CCCN(CCC)C(=O)c1ccnc(Nc2ccc(N3CCC(C)CC3)cc2)n1. The summed E-state index contributed by atoms with van der Waals surface area (Å²) in [4.78, 5) is 25.8. The first kappa shape index (κ1) is 21.1. The molecule has 2 aromatic rings. The largest absolute Gasteiger partial charge is 0.372 e. The second kappa shape index (κ2) is 10.2. The lowest BCUT2D eigenvalue weighted by atomic mass is 9.99. The van der Waals surface area contributed by atoms with Crippen LogP contribution in [0.2, 0.25) is 0 Å². The summed E-state index contributed by atoms with van der Waals surface area (Å²) >= 11 is 0. The van der Waals surface area contributed by atoms with Gasteiger partial charge in [-0.05, 0) is 61.9 Å². The molecule has 1 amide bonds. The average Bonchev–Trinajstić information content (AvgIpc) is 2.74. The summed E-state index contributed by atoms with van der Waals surface area (Å²) in [5.74, 6) is 1.24. The summed E-state index contributed by atoms with van der Waals surface area (Å²) in [5.41, 5.74) is 2.60. The number of hydrogen-bond donors (Lipinski definition) is 1. The number of carbonyl (C=O) groups is 1. The van der Waals surface area contributed by atoms with Crippen molar-refractivity contribution in [2.24, 2.45) is 5.92 Å². The fraction of sp³-hybridized carbons (Fsp3) is 0.522. The number of aromatic nitrogens is 2. The third-order valence-corrected chi connectivity index (χ3v) is 5.42. The van der Waals surface area contributed by atoms with Crippen LogP contribution in [0.25, 0.3) is 0 Å². The number of anilines is 3. The molecule has 1 fully saturated rings. The number of benzene rings is 1. The van der Waals surface area contributed by atoms with Crippen LogP contribution in [0.5, 0.6) is 0 Å². The van der Waals surface area contributed by atoms with Gasteiger partial charge in [0.2, 0.25) is 5.95 Å². The molecule has 1 aromatic heterocycles. The summed E-state index contributed by atoms with van der Waals surface area (Å²) in [6.07, 6.45) is 6.01. The Bertz CT molecular complexity index is 778. The topological polar surface area (TPSA) is 61.4 Å². The fourth-order valence-corrected chi connectivity index (χ4v) is 3.71. The highest BCUT2D eigenvalue weighted by atomic mass is 16.2. The molecule has 6 nitrogen and oxygen atoms in total. The Morgan fingerprint density at radius 3 is 2.38 bits per heavy atom. The van der Waals surface area contributed by atoms with Crippen molar-refractivity contribution in [2.75, 3.05) is 36.4 Å². The van der Waals surface area contributed by atoms with E-state index in [1.165, 1.54) is 18.5 Å². The predicted molar refractivity (Wildman–Crippen MR) is 119 cm³/mol. The highest BCUT2D eigenvalue weighted by molar-refractivity contribution is 5.92. The first-order chi connectivity index (χ1) is 14.1. The van der Waals surface area contributed by atoms with Crippen molar-refractivity contribution in [3.8, 4) is 0 Å². The molecular formula is C23H33N5O. The van der Waals surface area contributed by atoms with E-state index in [2.05, 4.69) is 53.1 Å². The number of carbonyl (C=O) groups excluding carboxylic acids is 1. The van der Waals surface area contributed by atoms with Crippen LogP contribution in [0.3, 0.4) is 0 Å². The molecule has 1 aliphatic heterocycles. The second-order valence-electron chi connectivity index (χ2n) is 7.90. The van der Waals surface area contributed by atoms with Crippen LogP contribution in [0.15, 0.2) is 36.5 Å². The van der Waals surface area contributed by atoms with E-state index in [0.29, 0.717) is 11.6 Å². The summed E-state index contributed by atoms with van der Waals surface area (Å²) < 4.78 is 0. The Morgan fingerprint density at radius 1 is 1.10 bits per heavy atom. The van der Waals surface area contributed by atoms with E-state index in [-0.39, 0.29) is 5.91 Å². The lowest BCUT2D eigenvalue weighted by Gasteiger charge is -2.32. The maximum atomic E-state index is 12.8. The number of hydrogen-bond acceptors (Lipinski definition) is 5. The molecule has 2 heterocycles. The van der Waals surface area contributed by atoms with Gasteiger partial charge in [0.1, 0.15) is 5.69 Å². The van der Waals surface area contributed by atoms with E-state index in [9.17, 15) is 4.79 Å². The zero-order valence-electron chi connectivity index (χ0n) is 17.9. The van der Waals surface area contributed by atoms with Crippen LogP contribution in [0.4, 0.5) is 17.3 Å². The quantitative estimate of drug-likeness (QED) is 0.701. The van der Waals surface area contributed by atoms with Gasteiger partial charge in [-0.15, -0.1) is 0 Å². The van der Waals surface area contributed by atoms with Gasteiger partial charge in [0.05, 0.1) is 0 Å². The third kappa shape index (κ3) is 5.68. The van der Waals surface area contributed by atoms with Crippen LogP contribution < -0.4 is 10.2 Å². The molecule has 0 radical (unpaired) electrons. The summed E-state index contributed by atoms with van der Waals surface area (Å²) in [5, 5.41) is 3.23. The monoisotopic (exact) mass is 395 g/mol. The first-order valence-electron chi connectivity index (χ1n) is 10.8. The third-order valence-electron chi connectivity index (χ3n) is 5.42. The van der Waals surface area contributed by atoms with Crippen molar-refractivity contribution in [1.29, 1.82) is 0 Å². The first-order valence-corrected chi connectivity index (χ1v) is 10.8. The molecule has 29 heavy (non-hydrogen) atoms. The molecule has 0 spiro atoms. The summed E-state index contributed by atoms with van der Waals surface area (Å²) in [6, 6.07) is 10.1. The molecule has 6 heteroatoms. The second-order valence-corrected chi connectivity index (χ2v) is 7.90. The molecule has 156 valence electrons. The Balaban J connectivity index is 1.66. The zero-order chi connectivity index (χ0) is 20.6. The van der Waals surface area contributed by atoms with Gasteiger partial charge in [-0.3, -0.25) is 4.79 Å². The van der Waals surface area contributed by atoms with E-state index in [1.54, 1.807) is 12.3 Å². The molecular weight excluding hydrogens is 362 g/mol. The van der Waals surface area contributed by atoms with Crippen LogP contribution in [-0.2, 0) is 0 Å². The van der Waals surface area contributed by atoms with Gasteiger partial charge in [0.25, 0.3) is 5.91 Å². The van der Waals surface area contributed by atoms with Gasteiger partial charge in [-0.25, -0.2) is 9.97 Å². The molecule has 0 atom stereocenters. The van der Waals surface area contributed by atoms with Gasteiger partial charge in [0, 0.05) is 43.8 Å². The van der Waals surface area contributed by atoms with Gasteiger partial charge < -0.3 is 15.1 Å². The Kier molecular flexibility index (Phi) is 7.44. The average molecular weight is 396 g/mol. The lowest BCUT2D eigenvalue weighted by molar-refractivity contribution is 0.0749. The van der Waals surface area contributed by atoms with Crippen LogP contribution in [-0.4, -0.2) is 47.0 Å². The molecule has 1 saturated heterocycles. The Labute approximate surface area is 174 Å². The highest BCUT2D eigenvalue weighted by Crippen LogP contribution is 2.25. The summed E-state index contributed by atoms with van der Waals surface area (Å²) in [7, 11) is 0. The van der Waals surface area contributed by atoms with Gasteiger partial charge >= 0.3 is 0 Å². The van der Waals surface area contributed by atoms with Crippen molar-refractivity contribution in [1.82, 2.24) is 14.9 Å². The minimum Gasteiger partial charge on any atom is -0.372 e. The highest BCUT2D eigenvalue weighted by Gasteiger charge is 2.17. The Morgan fingerprint density at radius 2 is 1.76 bits per heavy atom. The van der Waals surface area contributed by atoms with Gasteiger partial charge in [0.15, 0.2) is 0 Å². The van der Waals surface area contributed by atoms with Crippen molar-refractivity contribution in [2.45, 2.75) is 46.5 Å². The number of rotatable bonds is 8. The van der Waals surface area contributed by atoms with Crippen molar-refractivity contribution in [3.05, 3.63) is 42.2 Å². The smallest absolute Gasteiger partial charge is 0.272 e. The van der Waals surface area contributed by atoms with Crippen molar-refractivity contribution >= 4 is 23.2 Å². The minimum absolute atomic E-state index is 0.0335. The van der Waals surface area contributed by atoms with E-state index in [1.807, 2.05) is 17.0 Å². The van der Waals surface area contributed by atoms with E-state index in [4.69, 9.17) is 0 Å². The number of nitrogens with zero attached hydrogens (tertiary/aromatic N) is 4. The molecule has 0 saturated carbocycles. The zero-order valence-corrected chi connectivity index (χ0v) is 17.9. The van der Waals surface area contributed by atoms with Gasteiger partial charge in [-0.1, -0.05) is 20.8 Å². The maximum Gasteiger partial charge on any atom is 0.272 e. The number of piperidine rings is 1. The van der Waals surface area contributed by atoms with Crippen LogP contribution >= 0.6 is 0 Å². The van der Waals surface area contributed by atoms with Crippen LogP contribution in [0, 0.1) is 5.92 Å². The standard InChI is InChI=1S/C23H33N5O/c1-4-14-28(15-5-2)22(29)21-10-13-24-23(26-21)25-19-6-8-20(9-7-19)27-16-11-18(3)12-17-27/h6-10,13,18H,4-5,11-12,14-17H2,1-3H3,(H,24,25,26). The van der Waals surface area contributed by atoms with Crippen LogP contribution in [0.1, 0.15) is 56.9 Å².